The normalized spacial score (nSPS) is 14.1. The monoisotopic (exact) mass is 377 g/mol. The van der Waals surface area contributed by atoms with Crippen LogP contribution >= 0.6 is 15.9 Å². The van der Waals surface area contributed by atoms with Crippen molar-refractivity contribution >= 4 is 21.6 Å². The molecule has 1 unspecified atom stereocenters. The number of anilines is 1. The van der Waals surface area contributed by atoms with Gasteiger partial charge in [0.25, 0.3) is 0 Å². The van der Waals surface area contributed by atoms with Crippen molar-refractivity contribution in [3.63, 3.8) is 0 Å². The first-order valence-corrected chi connectivity index (χ1v) is 6.98. The Morgan fingerprint density at radius 3 is 2.29 bits per heavy atom. The van der Waals surface area contributed by atoms with Gasteiger partial charge >= 0.3 is 12.4 Å². The number of alkyl halides is 6. The Morgan fingerprint density at radius 1 is 1.14 bits per heavy atom. The van der Waals surface area contributed by atoms with E-state index in [-0.39, 0.29) is 24.6 Å². The molecule has 0 aliphatic heterocycles. The van der Waals surface area contributed by atoms with E-state index in [0.717, 1.165) is 12.1 Å². The van der Waals surface area contributed by atoms with Gasteiger partial charge in [-0.25, -0.2) is 0 Å². The summed E-state index contributed by atoms with van der Waals surface area (Å²) in [7, 11) is 0. The fourth-order valence-electron chi connectivity index (χ4n) is 1.76. The fraction of sp³-hybridized carbons (Fsp3) is 0.538. The lowest BCUT2D eigenvalue weighted by molar-refractivity contribution is -0.138. The fourth-order valence-corrected chi connectivity index (χ4v) is 2.12. The molecule has 0 radical (unpaired) electrons. The molecular formula is C13H14BrF6N. The van der Waals surface area contributed by atoms with E-state index in [9.17, 15) is 26.3 Å². The molecule has 1 aromatic carbocycles. The van der Waals surface area contributed by atoms with Crippen LogP contribution in [0.2, 0.25) is 0 Å². The number of hydrogen-bond acceptors (Lipinski definition) is 1. The van der Waals surface area contributed by atoms with E-state index in [2.05, 4.69) is 21.2 Å². The third-order valence-electron chi connectivity index (χ3n) is 2.79. The second-order valence-electron chi connectivity index (χ2n) is 4.75. The van der Waals surface area contributed by atoms with Gasteiger partial charge in [0.2, 0.25) is 0 Å². The summed E-state index contributed by atoms with van der Waals surface area (Å²) in [4.78, 5) is 0. The Balaban J connectivity index is 2.65. The SMILES string of the molecule is CC(CCCC(F)(F)F)Nc1cc(C(F)(F)F)ccc1Br. The summed E-state index contributed by atoms with van der Waals surface area (Å²) in [6, 6.07) is 2.76. The first-order chi connectivity index (χ1) is 9.49. The highest BCUT2D eigenvalue weighted by atomic mass is 79.9. The zero-order valence-corrected chi connectivity index (χ0v) is 12.7. The Labute approximate surface area is 126 Å². The van der Waals surface area contributed by atoms with E-state index in [1.54, 1.807) is 6.92 Å². The lowest BCUT2D eigenvalue weighted by atomic mass is 10.1. The molecule has 1 aromatic rings. The Morgan fingerprint density at radius 2 is 1.76 bits per heavy atom. The maximum atomic E-state index is 12.6. The van der Waals surface area contributed by atoms with Crippen LogP contribution in [0.1, 0.15) is 31.7 Å². The van der Waals surface area contributed by atoms with Crippen LogP contribution in [0.5, 0.6) is 0 Å². The van der Waals surface area contributed by atoms with E-state index in [4.69, 9.17) is 0 Å². The third-order valence-corrected chi connectivity index (χ3v) is 3.48. The molecule has 0 saturated heterocycles. The molecule has 0 amide bonds. The number of rotatable bonds is 5. The summed E-state index contributed by atoms with van der Waals surface area (Å²) >= 11 is 3.12. The van der Waals surface area contributed by atoms with Gasteiger partial charge in [-0.15, -0.1) is 0 Å². The van der Waals surface area contributed by atoms with Gasteiger partial charge in [-0.1, -0.05) is 0 Å². The van der Waals surface area contributed by atoms with Crippen molar-refractivity contribution in [3.05, 3.63) is 28.2 Å². The second-order valence-corrected chi connectivity index (χ2v) is 5.60. The van der Waals surface area contributed by atoms with Gasteiger partial charge in [0, 0.05) is 22.6 Å². The molecule has 0 saturated carbocycles. The van der Waals surface area contributed by atoms with Crippen molar-refractivity contribution in [2.75, 3.05) is 5.32 Å². The van der Waals surface area contributed by atoms with Crippen molar-refractivity contribution in [2.45, 2.75) is 44.6 Å². The summed E-state index contributed by atoms with van der Waals surface area (Å²) < 4.78 is 74.3. The van der Waals surface area contributed by atoms with Gasteiger partial charge in [-0.05, 0) is 53.9 Å². The van der Waals surface area contributed by atoms with E-state index < -0.39 is 24.3 Å². The minimum Gasteiger partial charge on any atom is -0.382 e. The van der Waals surface area contributed by atoms with Crippen molar-refractivity contribution in [1.29, 1.82) is 0 Å². The maximum Gasteiger partial charge on any atom is 0.416 e. The predicted molar refractivity (Wildman–Crippen MR) is 72.1 cm³/mol. The highest BCUT2D eigenvalue weighted by Crippen LogP contribution is 2.34. The van der Waals surface area contributed by atoms with Crippen molar-refractivity contribution in [3.8, 4) is 0 Å². The van der Waals surface area contributed by atoms with Gasteiger partial charge in [0.05, 0.1) is 5.56 Å². The number of hydrogen-bond donors (Lipinski definition) is 1. The molecule has 0 bridgehead atoms. The molecule has 0 spiro atoms. The molecule has 120 valence electrons. The largest absolute Gasteiger partial charge is 0.416 e. The lowest BCUT2D eigenvalue weighted by Gasteiger charge is -2.18. The minimum atomic E-state index is -4.46. The topological polar surface area (TPSA) is 12.0 Å². The standard InChI is InChI=1S/C13H14BrF6N/c1-8(3-2-6-12(15,16)17)21-11-7-9(13(18,19)20)4-5-10(11)14/h4-5,7-8,21H,2-3,6H2,1H3. The number of benzene rings is 1. The minimum absolute atomic E-state index is 0.0752. The van der Waals surface area contributed by atoms with Crippen LogP contribution in [-0.2, 0) is 6.18 Å². The van der Waals surface area contributed by atoms with E-state index in [1.807, 2.05) is 0 Å². The summed E-state index contributed by atoms with van der Waals surface area (Å²) in [5.74, 6) is 0. The molecular weight excluding hydrogens is 364 g/mol. The molecule has 0 aliphatic carbocycles. The Hall–Kier alpha value is -0.920. The number of halogens is 7. The van der Waals surface area contributed by atoms with E-state index >= 15 is 0 Å². The van der Waals surface area contributed by atoms with E-state index in [1.165, 1.54) is 6.07 Å². The first kappa shape index (κ1) is 18.1. The van der Waals surface area contributed by atoms with Crippen molar-refractivity contribution < 1.29 is 26.3 Å². The van der Waals surface area contributed by atoms with Crippen LogP contribution in [0.25, 0.3) is 0 Å². The first-order valence-electron chi connectivity index (χ1n) is 6.19. The zero-order valence-electron chi connectivity index (χ0n) is 11.1. The smallest absolute Gasteiger partial charge is 0.382 e. The molecule has 1 N–H and O–H groups in total. The van der Waals surface area contributed by atoms with Crippen LogP contribution in [0.3, 0.4) is 0 Å². The van der Waals surface area contributed by atoms with Gasteiger partial charge in [-0.3, -0.25) is 0 Å². The molecule has 8 heteroatoms. The molecule has 1 rings (SSSR count). The predicted octanol–water partition coefficient (Wildman–Crippen LogP) is 6.00. The summed E-state index contributed by atoms with van der Waals surface area (Å²) in [5.41, 5.74) is -0.597. The van der Waals surface area contributed by atoms with Crippen LogP contribution < -0.4 is 5.32 Å². The molecule has 0 aromatic heterocycles. The quantitative estimate of drug-likeness (QED) is 0.620. The van der Waals surface area contributed by atoms with Crippen molar-refractivity contribution in [2.24, 2.45) is 0 Å². The molecule has 21 heavy (non-hydrogen) atoms. The summed E-state index contributed by atoms with van der Waals surface area (Å²) in [6.45, 7) is 1.63. The van der Waals surface area contributed by atoms with Gasteiger partial charge in [0.1, 0.15) is 0 Å². The molecule has 0 aliphatic rings. The Kier molecular flexibility index (Phi) is 5.95. The van der Waals surface area contributed by atoms with Crippen LogP contribution in [-0.4, -0.2) is 12.2 Å². The second kappa shape index (κ2) is 6.89. The van der Waals surface area contributed by atoms with E-state index in [0.29, 0.717) is 4.47 Å². The van der Waals surface area contributed by atoms with Crippen molar-refractivity contribution in [1.82, 2.24) is 0 Å². The molecule has 1 nitrogen and oxygen atoms in total. The highest BCUT2D eigenvalue weighted by molar-refractivity contribution is 9.10. The maximum absolute atomic E-state index is 12.6. The average Bonchev–Trinajstić information content (AvgIpc) is 2.28. The Bertz CT molecular complexity index is 469. The van der Waals surface area contributed by atoms with Crippen LogP contribution in [0.4, 0.5) is 32.0 Å². The third kappa shape index (κ3) is 6.58. The molecule has 1 atom stereocenters. The van der Waals surface area contributed by atoms with Gasteiger partial charge in [0.15, 0.2) is 0 Å². The number of nitrogens with one attached hydrogen (secondary N) is 1. The summed E-state index contributed by atoms with van der Waals surface area (Å²) in [6.07, 6.45) is -9.44. The van der Waals surface area contributed by atoms with Gasteiger partial charge in [-0.2, -0.15) is 26.3 Å². The van der Waals surface area contributed by atoms with Gasteiger partial charge < -0.3 is 5.32 Å². The highest BCUT2D eigenvalue weighted by Gasteiger charge is 2.31. The average molecular weight is 378 g/mol. The zero-order chi connectivity index (χ0) is 16.3. The van der Waals surface area contributed by atoms with Crippen LogP contribution in [0.15, 0.2) is 22.7 Å². The molecule has 0 heterocycles. The molecule has 0 fully saturated rings. The van der Waals surface area contributed by atoms with Crippen LogP contribution in [0, 0.1) is 0 Å². The lowest BCUT2D eigenvalue weighted by Crippen LogP contribution is -2.17. The summed E-state index contributed by atoms with van der Waals surface area (Å²) in [5, 5.41) is 2.79.